The number of rotatable bonds is 13. The molecule has 0 bridgehead atoms. The highest BCUT2D eigenvalue weighted by atomic mass is 16.5. The highest BCUT2D eigenvalue weighted by Gasteiger charge is 2.16. The van der Waals surface area contributed by atoms with Crippen molar-refractivity contribution in [2.75, 3.05) is 58.4 Å². The Hall–Kier alpha value is -3.43. The molecule has 0 unspecified atom stereocenters. The smallest absolute Gasteiger partial charge is 0.271 e. The maximum absolute atomic E-state index is 12.9. The van der Waals surface area contributed by atoms with Crippen molar-refractivity contribution in [3.63, 3.8) is 0 Å². The minimum absolute atomic E-state index is 0.191. The highest BCUT2D eigenvalue weighted by molar-refractivity contribution is 5.94. The number of amides is 1. The number of piperidine rings is 1. The molecule has 39 heavy (non-hydrogen) atoms. The Morgan fingerprint density at radius 2 is 1.72 bits per heavy atom. The van der Waals surface area contributed by atoms with Gasteiger partial charge in [0.25, 0.3) is 5.91 Å². The molecule has 1 fully saturated rings. The molecule has 1 saturated heterocycles. The first-order valence-electron chi connectivity index (χ1n) is 14.0. The van der Waals surface area contributed by atoms with E-state index in [-0.39, 0.29) is 5.91 Å². The number of likely N-dealkylation sites (tertiary alicyclic amines) is 1. The Labute approximate surface area is 231 Å². The molecule has 0 aliphatic carbocycles. The molecule has 9 heteroatoms. The number of nitrogens with zero attached hydrogens (tertiary/aromatic N) is 4. The first kappa shape index (κ1) is 28.6. The van der Waals surface area contributed by atoms with Crippen LogP contribution in [0.3, 0.4) is 0 Å². The van der Waals surface area contributed by atoms with E-state index in [4.69, 9.17) is 9.47 Å². The summed E-state index contributed by atoms with van der Waals surface area (Å²) < 4.78 is 11.0. The second-order valence-corrected chi connectivity index (χ2v) is 10.3. The third-order valence-electron chi connectivity index (χ3n) is 6.99. The summed E-state index contributed by atoms with van der Waals surface area (Å²) in [6, 6.07) is 12.2. The summed E-state index contributed by atoms with van der Waals surface area (Å²) in [6.45, 7) is 9.73. The van der Waals surface area contributed by atoms with Crippen LogP contribution in [-0.4, -0.2) is 80.3 Å². The quantitative estimate of drug-likeness (QED) is 0.312. The van der Waals surface area contributed by atoms with Crippen LogP contribution in [-0.2, 0) is 0 Å². The van der Waals surface area contributed by atoms with Gasteiger partial charge in [0.2, 0.25) is 0 Å². The van der Waals surface area contributed by atoms with Crippen molar-refractivity contribution in [3.8, 4) is 11.5 Å². The van der Waals surface area contributed by atoms with Gasteiger partial charge in [-0.25, -0.2) is 4.98 Å². The largest absolute Gasteiger partial charge is 0.497 e. The molecule has 0 atom stereocenters. The molecule has 0 spiro atoms. The predicted molar refractivity (Wildman–Crippen MR) is 156 cm³/mol. The molecular weight excluding hydrogens is 492 g/mol. The summed E-state index contributed by atoms with van der Waals surface area (Å²) >= 11 is 0. The average Bonchev–Trinajstić information content (AvgIpc) is 2.97. The van der Waals surface area contributed by atoms with Gasteiger partial charge in [0.15, 0.2) is 0 Å². The van der Waals surface area contributed by atoms with Gasteiger partial charge in [-0.3, -0.25) is 9.78 Å². The molecular formula is C30H42N6O3. The summed E-state index contributed by atoms with van der Waals surface area (Å²) in [4.78, 5) is 26.7. The Balaban J connectivity index is 1.52. The summed E-state index contributed by atoms with van der Waals surface area (Å²) in [7, 11) is 3.30. The molecule has 210 valence electrons. The van der Waals surface area contributed by atoms with Crippen LogP contribution in [0.5, 0.6) is 11.5 Å². The fourth-order valence-corrected chi connectivity index (χ4v) is 4.88. The van der Waals surface area contributed by atoms with Crippen LogP contribution in [0.15, 0.2) is 42.6 Å². The molecule has 9 nitrogen and oxygen atoms in total. The van der Waals surface area contributed by atoms with Gasteiger partial charge in [-0.05, 0) is 57.1 Å². The van der Waals surface area contributed by atoms with Crippen molar-refractivity contribution in [1.82, 2.24) is 25.5 Å². The first-order valence-corrected chi connectivity index (χ1v) is 14.0. The van der Waals surface area contributed by atoms with Gasteiger partial charge < -0.3 is 29.9 Å². The Kier molecular flexibility index (Phi) is 10.3. The number of benzene rings is 2. The Morgan fingerprint density at radius 1 is 0.974 bits per heavy atom. The molecule has 1 amide bonds. The number of methoxy groups -OCH3 is 2. The topological polar surface area (TPSA) is 91.8 Å². The lowest BCUT2D eigenvalue weighted by Gasteiger charge is -2.27. The van der Waals surface area contributed by atoms with Crippen LogP contribution in [0.4, 0.5) is 11.4 Å². The second kappa shape index (κ2) is 14.1. The van der Waals surface area contributed by atoms with E-state index < -0.39 is 0 Å². The van der Waals surface area contributed by atoms with Gasteiger partial charge in [-0.2, -0.15) is 0 Å². The van der Waals surface area contributed by atoms with E-state index in [1.807, 2.05) is 36.4 Å². The van der Waals surface area contributed by atoms with E-state index >= 15 is 0 Å². The van der Waals surface area contributed by atoms with Crippen LogP contribution in [0.25, 0.3) is 11.0 Å². The zero-order valence-corrected chi connectivity index (χ0v) is 23.7. The van der Waals surface area contributed by atoms with Crippen molar-refractivity contribution >= 4 is 28.3 Å². The zero-order chi connectivity index (χ0) is 27.6. The molecule has 1 aliphatic heterocycles. The normalized spacial score (nSPS) is 14.0. The minimum atomic E-state index is -0.191. The Bertz CT molecular complexity index is 1210. The van der Waals surface area contributed by atoms with Crippen LogP contribution >= 0.6 is 0 Å². The van der Waals surface area contributed by atoms with Crippen molar-refractivity contribution in [2.45, 2.75) is 45.6 Å². The van der Waals surface area contributed by atoms with Crippen molar-refractivity contribution in [2.24, 2.45) is 0 Å². The lowest BCUT2D eigenvalue weighted by atomic mass is 10.1. The molecule has 2 aromatic carbocycles. The van der Waals surface area contributed by atoms with E-state index in [1.54, 1.807) is 20.4 Å². The van der Waals surface area contributed by atoms with Gasteiger partial charge in [0.05, 0.1) is 31.4 Å². The van der Waals surface area contributed by atoms with Gasteiger partial charge in [-0.15, -0.1) is 0 Å². The van der Waals surface area contributed by atoms with Crippen LogP contribution in [0.1, 0.15) is 50.0 Å². The molecule has 0 radical (unpaired) electrons. The number of ether oxygens (including phenoxy) is 2. The summed E-state index contributed by atoms with van der Waals surface area (Å²) in [6.07, 6.45) is 6.37. The number of nitrogens with one attached hydrogen (secondary N) is 2. The first-order chi connectivity index (χ1) is 19.0. The average molecular weight is 535 g/mol. The maximum Gasteiger partial charge on any atom is 0.271 e. The van der Waals surface area contributed by atoms with Crippen molar-refractivity contribution in [3.05, 3.63) is 48.3 Å². The van der Waals surface area contributed by atoms with Crippen molar-refractivity contribution in [1.29, 1.82) is 0 Å². The molecule has 2 heterocycles. The highest BCUT2D eigenvalue weighted by Crippen LogP contribution is 2.33. The van der Waals surface area contributed by atoms with Gasteiger partial charge in [0.1, 0.15) is 17.2 Å². The number of anilines is 2. The predicted octanol–water partition coefficient (Wildman–Crippen LogP) is 4.39. The number of carbonyl (C=O) groups is 1. The fraction of sp³-hybridized carbons (Fsp3) is 0.500. The zero-order valence-electron chi connectivity index (χ0n) is 23.7. The minimum Gasteiger partial charge on any atom is -0.497 e. The van der Waals surface area contributed by atoms with E-state index in [0.29, 0.717) is 41.8 Å². The van der Waals surface area contributed by atoms with Crippen molar-refractivity contribution < 1.29 is 14.3 Å². The van der Waals surface area contributed by atoms with Crippen LogP contribution < -0.4 is 25.0 Å². The second-order valence-electron chi connectivity index (χ2n) is 10.3. The number of carbonyl (C=O) groups excluding carboxylic acids is 1. The molecule has 0 saturated carbocycles. The van der Waals surface area contributed by atoms with E-state index in [0.717, 1.165) is 36.4 Å². The SMILES string of the molecule is COc1cc(OC)cc(N(CCNC(C)C)c2ccc3ncc(C(=O)NCCCN4CCCCC4)nc3c2)c1. The molecule has 2 N–H and O–H groups in total. The Morgan fingerprint density at radius 3 is 2.41 bits per heavy atom. The van der Waals surface area contributed by atoms with Crippen LogP contribution in [0.2, 0.25) is 0 Å². The molecule has 1 aliphatic rings. The fourth-order valence-electron chi connectivity index (χ4n) is 4.88. The van der Waals surface area contributed by atoms with Gasteiger partial charge in [-0.1, -0.05) is 20.3 Å². The number of hydrogen-bond acceptors (Lipinski definition) is 8. The standard InChI is InChI=1S/C30H42N6O3/c1-22(2)31-12-16-36(24-17-25(38-3)20-26(18-24)39-4)23-9-10-27-28(19-23)34-29(21-33-27)30(37)32-11-8-15-35-13-6-5-7-14-35/h9-10,17-22,31H,5-8,11-16H2,1-4H3,(H,32,37). The number of fused-ring (bicyclic) bond motifs is 1. The van der Waals surface area contributed by atoms with Gasteiger partial charge >= 0.3 is 0 Å². The lowest BCUT2D eigenvalue weighted by molar-refractivity contribution is 0.0946. The summed E-state index contributed by atoms with van der Waals surface area (Å²) in [5.41, 5.74) is 3.62. The lowest BCUT2D eigenvalue weighted by Crippen LogP contribution is -2.33. The molecule has 3 aromatic rings. The van der Waals surface area contributed by atoms with Crippen LogP contribution in [0, 0.1) is 0 Å². The van der Waals surface area contributed by atoms with E-state index in [9.17, 15) is 4.79 Å². The van der Waals surface area contributed by atoms with E-state index in [2.05, 4.69) is 44.2 Å². The summed E-state index contributed by atoms with van der Waals surface area (Å²) in [5, 5.41) is 6.51. The van der Waals surface area contributed by atoms with Gasteiger partial charge in [0, 0.05) is 55.2 Å². The molecule has 1 aromatic heterocycles. The monoisotopic (exact) mass is 534 g/mol. The third-order valence-corrected chi connectivity index (χ3v) is 6.99. The number of hydrogen-bond donors (Lipinski definition) is 2. The molecule has 4 rings (SSSR count). The number of aromatic nitrogens is 2. The van der Waals surface area contributed by atoms with E-state index in [1.165, 1.54) is 32.4 Å². The maximum atomic E-state index is 12.9. The summed E-state index contributed by atoms with van der Waals surface area (Å²) in [5.74, 6) is 1.24. The third kappa shape index (κ3) is 8.03.